The Morgan fingerprint density at radius 3 is 2.67 bits per heavy atom. The third-order valence-corrected chi connectivity index (χ3v) is 2.22. The Hall–Kier alpha value is -0.0400. The molecule has 0 unspecified atom stereocenters. The summed E-state index contributed by atoms with van der Waals surface area (Å²) >= 11 is 0. The van der Waals surface area contributed by atoms with E-state index in [-0.39, 0.29) is 0 Å². The molecule has 53 valence electrons. The van der Waals surface area contributed by atoms with Gasteiger partial charge in [-0.2, -0.15) is 0 Å². The van der Waals surface area contributed by atoms with Crippen molar-refractivity contribution in [2.24, 2.45) is 5.92 Å². The summed E-state index contributed by atoms with van der Waals surface area (Å²) < 4.78 is 0. The minimum absolute atomic E-state index is 1.08. The standard InChI is InChI=1S/C8H16N/c1-9-7-3-6-8-4-2-5-8/h8H,2-7H2,1H3. The molecule has 0 aliphatic heterocycles. The van der Waals surface area contributed by atoms with Crippen LogP contribution < -0.4 is 5.32 Å². The molecular formula is C8H16N. The molecule has 0 aromatic heterocycles. The van der Waals surface area contributed by atoms with E-state index in [0.717, 1.165) is 12.5 Å². The van der Waals surface area contributed by atoms with Crippen molar-refractivity contribution >= 4 is 0 Å². The zero-order chi connectivity index (χ0) is 6.53. The molecule has 1 nitrogen and oxygen atoms in total. The maximum Gasteiger partial charge on any atom is 0.0130 e. The second-order valence-electron chi connectivity index (χ2n) is 2.98. The van der Waals surface area contributed by atoms with E-state index in [1.807, 2.05) is 7.05 Å². The molecule has 1 rings (SSSR count). The second kappa shape index (κ2) is 3.89. The van der Waals surface area contributed by atoms with Gasteiger partial charge in [-0.25, -0.2) is 5.32 Å². The molecule has 0 saturated heterocycles. The van der Waals surface area contributed by atoms with Crippen LogP contribution in [-0.4, -0.2) is 13.6 Å². The first-order valence-electron chi connectivity index (χ1n) is 3.99. The van der Waals surface area contributed by atoms with Crippen molar-refractivity contribution in [3.05, 3.63) is 0 Å². The fraction of sp³-hybridized carbons (Fsp3) is 1.00. The first kappa shape index (κ1) is 7.07. The van der Waals surface area contributed by atoms with Gasteiger partial charge in [-0.15, -0.1) is 0 Å². The molecule has 0 heterocycles. The molecule has 0 aromatic carbocycles. The van der Waals surface area contributed by atoms with Crippen LogP contribution in [0.15, 0.2) is 0 Å². The first-order chi connectivity index (χ1) is 4.43. The molecule has 1 fully saturated rings. The Labute approximate surface area is 57.8 Å². The topological polar surface area (TPSA) is 14.1 Å². The Balaban J connectivity index is 1.80. The highest BCUT2D eigenvalue weighted by Gasteiger charge is 2.15. The van der Waals surface area contributed by atoms with E-state index in [4.69, 9.17) is 0 Å². The molecule has 1 saturated carbocycles. The summed E-state index contributed by atoms with van der Waals surface area (Å²) in [5.74, 6) is 1.08. The van der Waals surface area contributed by atoms with E-state index in [9.17, 15) is 0 Å². The predicted molar refractivity (Wildman–Crippen MR) is 39.5 cm³/mol. The van der Waals surface area contributed by atoms with Gasteiger partial charge < -0.3 is 0 Å². The molecule has 9 heavy (non-hydrogen) atoms. The summed E-state index contributed by atoms with van der Waals surface area (Å²) in [7, 11) is 1.90. The minimum atomic E-state index is 1.08. The quantitative estimate of drug-likeness (QED) is 0.510. The molecule has 1 aliphatic carbocycles. The van der Waals surface area contributed by atoms with E-state index in [1.165, 1.54) is 32.1 Å². The maximum absolute atomic E-state index is 4.07. The SMILES string of the molecule is C[N]CCCC1CCC1. The van der Waals surface area contributed by atoms with Crippen molar-refractivity contribution in [2.45, 2.75) is 32.1 Å². The monoisotopic (exact) mass is 126 g/mol. The van der Waals surface area contributed by atoms with Crippen molar-refractivity contribution in [1.29, 1.82) is 0 Å². The first-order valence-corrected chi connectivity index (χ1v) is 3.99. The summed E-state index contributed by atoms with van der Waals surface area (Å²) in [5, 5.41) is 4.07. The predicted octanol–water partition coefficient (Wildman–Crippen LogP) is 1.80. The van der Waals surface area contributed by atoms with Gasteiger partial charge >= 0.3 is 0 Å². The van der Waals surface area contributed by atoms with Crippen LogP contribution >= 0.6 is 0 Å². The highest BCUT2D eigenvalue weighted by molar-refractivity contribution is 4.69. The van der Waals surface area contributed by atoms with Crippen LogP contribution in [0.4, 0.5) is 0 Å². The normalized spacial score (nSPS) is 19.7. The number of rotatable bonds is 4. The van der Waals surface area contributed by atoms with Crippen molar-refractivity contribution in [3.63, 3.8) is 0 Å². The van der Waals surface area contributed by atoms with Gasteiger partial charge in [-0.05, 0) is 18.8 Å². The Morgan fingerprint density at radius 1 is 1.44 bits per heavy atom. The van der Waals surface area contributed by atoms with Crippen molar-refractivity contribution < 1.29 is 0 Å². The molecule has 0 atom stereocenters. The third-order valence-electron chi connectivity index (χ3n) is 2.22. The number of nitrogens with zero attached hydrogens (tertiary/aromatic N) is 1. The lowest BCUT2D eigenvalue weighted by Crippen LogP contribution is -2.12. The van der Waals surface area contributed by atoms with Gasteiger partial charge in [0.1, 0.15) is 0 Å². The van der Waals surface area contributed by atoms with E-state index in [0.29, 0.717) is 0 Å². The van der Waals surface area contributed by atoms with Gasteiger partial charge in [-0.1, -0.05) is 19.3 Å². The Kier molecular flexibility index (Phi) is 3.05. The van der Waals surface area contributed by atoms with E-state index >= 15 is 0 Å². The highest BCUT2D eigenvalue weighted by atomic mass is 14.8. The average molecular weight is 126 g/mol. The lowest BCUT2D eigenvalue weighted by Gasteiger charge is -2.24. The van der Waals surface area contributed by atoms with Crippen LogP contribution in [0.2, 0.25) is 0 Å². The van der Waals surface area contributed by atoms with Gasteiger partial charge in [-0.3, -0.25) is 0 Å². The third kappa shape index (κ3) is 2.35. The average Bonchev–Trinajstić information content (AvgIpc) is 1.76. The van der Waals surface area contributed by atoms with Crippen LogP contribution in [0.25, 0.3) is 0 Å². The molecule has 0 spiro atoms. The number of hydrogen-bond acceptors (Lipinski definition) is 0. The fourth-order valence-corrected chi connectivity index (χ4v) is 1.32. The summed E-state index contributed by atoms with van der Waals surface area (Å²) in [6.07, 6.45) is 7.21. The molecule has 0 N–H and O–H groups in total. The largest absolute Gasteiger partial charge is 0.245 e. The van der Waals surface area contributed by atoms with E-state index in [1.54, 1.807) is 0 Å². The van der Waals surface area contributed by atoms with Gasteiger partial charge in [0.15, 0.2) is 0 Å². The molecule has 0 bridgehead atoms. The molecule has 1 heteroatoms. The Bertz CT molecular complexity index is 67.0. The van der Waals surface area contributed by atoms with E-state index < -0.39 is 0 Å². The zero-order valence-corrected chi connectivity index (χ0v) is 6.27. The fourth-order valence-electron chi connectivity index (χ4n) is 1.32. The van der Waals surface area contributed by atoms with Gasteiger partial charge in [0.05, 0.1) is 0 Å². The second-order valence-corrected chi connectivity index (χ2v) is 2.98. The lowest BCUT2D eigenvalue weighted by molar-refractivity contribution is 0.289. The number of hydrogen-bond donors (Lipinski definition) is 0. The lowest BCUT2D eigenvalue weighted by atomic mass is 9.82. The highest BCUT2D eigenvalue weighted by Crippen LogP contribution is 2.29. The van der Waals surface area contributed by atoms with Crippen LogP contribution in [0.5, 0.6) is 0 Å². The Morgan fingerprint density at radius 2 is 2.22 bits per heavy atom. The van der Waals surface area contributed by atoms with Crippen LogP contribution in [0.3, 0.4) is 0 Å². The molecular weight excluding hydrogens is 110 g/mol. The van der Waals surface area contributed by atoms with Gasteiger partial charge in [0.25, 0.3) is 0 Å². The molecule has 1 radical (unpaired) electrons. The van der Waals surface area contributed by atoms with E-state index in [2.05, 4.69) is 5.32 Å². The van der Waals surface area contributed by atoms with Crippen molar-refractivity contribution in [2.75, 3.05) is 13.6 Å². The smallest absolute Gasteiger partial charge is 0.0130 e. The zero-order valence-electron chi connectivity index (χ0n) is 6.27. The summed E-state index contributed by atoms with van der Waals surface area (Å²) in [4.78, 5) is 0. The van der Waals surface area contributed by atoms with Crippen molar-refractivity contribution in [1.82, 2.24) is 5.32 Å². The van der Waals surface area contributed by atoms with Crippen LogP contribution in [-0.2, 0) is 0 Å². The maximum atomic E-state index is 4.07. The molecule has 1 aliphatic rings. The molecule has 0 amide bonds. The summed E-state index contributed by atoms with van der Waals surface area (Å²) in [5.41, 5.74) is 0. The molecule has 0 aromatic rings. The van der Waals surface area contributed by atoms with Crippen LogP contribution in [0, 0.1) is 5.92 Å². The summed E-state index contributed by atoms with van der Waals surface area (Å²) in [6.45, 7) is 1.08. The van der Waals surface area contributed by atoms with Crippen LogP contribution in [0.1, 0.15) is 32.1 Å². The van der Waals surface area contributed by atoms with Gasteiger partial charge in [0.2, 0.25) is 0 Å². The minimum Gasteiger partial charge on any atom is -0.245 e. The van der Waals surface area contributed by atoms with Crippen molar-refractivity contribution in [3.8, 4) is 0 Å². The summed E-state index contributed by atoms with van der Waals surface area (Å²) in [6, 6.07) is 0. The van der Waals surface area contributed by atoms with Gasteiger partial charge in [0, 0.05) is 13.6 Å².